The topological polar surface area (TPSA) is 46.4 Å². The van der Waals surface area contributed by atoms with Crippen LogP contribution < -0.4 is 5.32 Å². The van der Waals surface area contributed by atoms with E-state index >= 15 is 0 Å². The molecule has 1 N–H and O–H groups in total. The van der Waals surface area contributed by atoms with Gasteiger partial charge >= 0.3 is 0 Å². The smallest absolute Gasteiger partial charge is 0.244 e. The summed E-state index contributed by atoms with van der Waals surface area (Å²) in [5.41, 5.74) is 0.917. The number of amides is 1. The van der Waals surface area contributed by atoms with Crippen LogP contribution in [0.4, 0.5) is 0 Å². The third kappa shape index (κ3) is 2.74. The van der Waals surface area contributed by atoms with E-state index in [0.29, 0.717) is 0 Å². The number of rotatable bonds is 4. The summed E-state index contributed by atoms with van der Waals surface area (Å²) in [6, 6.07) is 0.207. The van der Waals surface area contributed by atoms with Gasteiger partial charge in [0.15, 0.2) is 4.96 Å². The van der Waals surface area contributed by atoms with Crippen LogP contribution >= 0.6 is 11.3 Å². The highest BCUT2D eigenvalue weighted by Crippen LogP contribution is 2.13. The lowest BCUT2D eigenvalue weighted by Gasteiger charge is -2.08. The highest BCUT2D eigenvalue weighted by Gasteiger charge is 2.03. The lowest BCUT2D eigenvalue weighted by atomic mass is 10.2. The highest BCUT2D eigenvalue weighted by molar-refractivity contribution is 7.15. The Morgan fingerprint density at radius 2 is 2.53 bits per heavy atom. The van der Waals surface area contributed by atoms with Crippen molar-refractivity contribution < 1.29 is 4.79 Å². The predicted molar refractivity (Wildman–Crippen MR) is 70.0 cm³/mol. The monoisotopic (exact) mass is 249 g/mol. The predicted octanol–water partition coefficient (Wildman–Crippen LogP) is 2.32. The molecule has 2 rings (SSSR count). The van der Waals surface area contributed by atoms with Crippen LogP contribution in [0.3, 0.4) is 0 Å². The molecular weight excluding hydrogens is 234 g/mol. The van der Waals surface area contributed by atoms with Gasteiger partial charge in [0.25, 0.3) is 0 Å². The summed E-state index contributed by atoms with van der Waals surface area (Å²) in [6.07, 6.45) is 7.97. The van der Waals surface area contributed by atoms with Crippen LogP contribution in [0.2, 0.25) is 0 Å². The summed E-state index contributed by atoms with van der Waals surface area (Å²) in [6.45, 7) is 4.03. The fourth-order valence-electron chi connectivity index (χ4n) is 1.42. The van der Waals surface area contributed by atoms with Gasteiger partial charge in [-0.2, -0.15) is 0 Å². The van der Waals surface area contributed by atoms with Crippen molar-refractivity contribution in [3.63, 3.8) is 0 Å². The summed E-state index contributed by atoms with van der Waals surface area (Å²) < 4.78 is 1.96. The normalized spacial score (nSPS) is 13.3. The molecule has 1 atom stereocenters. The lowest BCUT2D eigenvalue weighted by molar-refractivity contribution is -0.117. The third-order valence-corrected chi connectivity index (χ3v) is 3.35. The number of hydrogen-bond acceptors (Lipinski definition) is 3. The summed E-state index contributed by atoms with van der Waals surface area (Å²) in [5.74, 6) is -0.0653. The van der Waals surface area contributed by atoms with E-state index in [-0.39, 0.29) is 11.9 Å². The minimum absolute atomic E-state index is 0.0653. The van der Waals surface area contributed by atoms with Gasteiger partial charge in [-0.15, -0.1) is 11.3 Å². The molecule has 0 aromatic carbocycles. The van der Waals surface area contributed by atoms with E-state index in [1.807, 2.05) is 29.8 Å². The summed E-state index contributed by atoms with van der Waals surface area (Å²) >= 11 is 1.57. The first-order valence-corrected chi connectivity index (χ1v) is 6.47. The number of carbonyl (C=O) groups is 1. The standard InChI is InChI=1S/C12H15N3OS/c1-3-9(2)14-11(16)5-4-10-8-13-12-15(10)6-7-17-12/h4-9H,3H2,1-2H3,(H,14,16)/b5-4+. The van der Waals surface area contributed by atoms with Crippen LogP contribution in [-0.4, -0.2) is 21.3 Å². The first-order chi connectivity index (χ1) is 8.20. The second-order valence-corrected chi connectivity index (χ2v) is 4.76. The second kappa shape index (κ2) is 5.14. The molecule has 0 radical (unpaired) electrons. The Kier molecular flexibility index (Phi) is 3.58. The zero-order valence-electron chi connectivity index (χ0n) is 9.88. The SMILES string of the molecule is CCC(C)NC(=O)/C=C/c1cnc2sccn12. The van der Waals surface area contributed by atoms with Crippen molar-refractivity contribution in [2.45, 2.75) is 26.3 Å². The van der Waals surface area contributed by atoms with Crippen molar-refractivity contribution in [3.05, 3.63) is 29.5 Å². The van der Waals surface area contributed by atoms with Gasteiger partial charge in [-0.1, -0.05) is 6.92 Å². The summed E-state index contributed by atoms with van der Waals surface area (Å²) in [7, 11) is 0. The molecule has 2 heterocycles. The summed E-state index contributed by atoms with van der Waals surface area (Å²) in [5, 5.41) is 4.85. The minimum atomic E-state index is -0.0653. The Morgan fingerprint density at radius 3 is 3.29 bits per heavy atom. The van der Waals surface area contributed by atoms with Crippen molar-refractivity contribution in [2.75, 3.05) is 0 Å². The summed E-state index contributed by atoms with van der Waals surface area (Å²) in [4.78, 5) is 16.7. The van der Waals surface area contributed by atoms with Gasteiger partial charge in [-0.3, -0.25) is 9.20 Å². The molecule has 4 nitrogen and oxygen atoms in total. The molecule has 0 bridgehead atoms. The number of nitrogens with zero attached hydrogens (tertiary/aromatic N) is 2. The van der Waals surface area contributed by atoms with Crippen LogP contribution in [0.15, 0.2) is 23.8 Å². The molecule has 17 heavy (non-hydrogen) atoms. The molecule has 0 spiro atoms. The van der Waals surface area contributed by atoms with E-state index in [4.69, 9.17) is 0 Å². The Hall–Kier alpha value is -1.62. The molecule has 1 unspecified atom stereocenters. The van der Waals surface area contributed by atoms with E-state index in [1.165, 1.54) is 0 Å². The molecule has 0 fully saturated rings. The molecule has 2 aromatic heterocycles. The Labute approximate surface area is 104 Å². The van der Waals surface area contributed by atoms with Gasteiger partial charge in [-0.25, -0.2) is 4.98 Å². The van der Waals surface area contributed by atoms with E-state index in [9.17, 15) is 4.79 Å². The molecule has 0 saturated carbocycles. The Bertz CT molecular complexity index is 541. The number of carbonyl (C=O) groups excluding carboxylic acids is 1. The Balaban J connectivity index is 2.06. The van der Waals surface area contributed by atoms with Gasteiger partial charge in [0.2, 0.25) is 5.91 Å². The number of imidazole rings is 1. The van der Waals surface area contributed by atoms with Gasteiger partial charge in [0, 0.05) is 23.7 Å². The van der Waals surface area contributed by atoms with Gasteiger partial charge in [-0.05, 0) is 19.4 Å². The first-order valence-electron chi connectivity index (χ1n) is 5.60. The maximum Gasteiger partial charge on any atom is 0.244 e. The van der Waals surface area contributed by atoms with Gasteiger partial charge in [0.05, 0.1) is 11.9 Å². The highest BCUT2D eigenvalue weighted by atomic mass is 32.1. The van der Waals surface area contributed by atoms with Gasteiger partial charge in [0.1, 0.15) is 0 Å². The number of nitrogens with one attached hydrogen (secondary N) is 1. The third-order valence-electron chi connectivity index (χ3n) is 2.58. The fourth-order valence-corrected chi connectivity index (χ4v) is 2.12. The van der Waals surface area contributed by atoms with Crippen molar-refractivity contribution in [1.29, 1.82) is 0 Å². The van der Waals surface area contributed by atoms with E-state index in [2.05, 4.69) is 10.3 Å². The number of hydrogen-bond donors (Lipinski definition) is 1. The quantitative estimate of drug-likeness (QED) is 0.845. The van der Waals surface area contributed by atoms with E-state index in [0.717, 1.165) is 17.1 Å². The molecule has 0 aliphatic heterocycles. The fraction of sp³-hybridized carbons (Fsp3) is 0.333. The number of fused-ring (bicyclic) bond motifs is 1. The Morgan fingerprint density at radius 1 is 1.71 bits per heavy atom. The van der Waals surface area contributed by atoms with Crippen LogP contribution in [-0.2, 0) is 4.79 Å². The van der Waals surface area contributed by atoms with Crippen LogP contribution in [0, 0.1) is 0 Å². The largest absolute Gasteiger partial charge is 0.350 e. The first kappa shape index (κ1) is 11.9. The zero-order chi connectivity index (χ0) is 12.3. The maximum absolute atomic E-state index is 11.6. The number of aromatic nitrogens is 2. The van der Waals surface area contributed by atoms with Crippen LogP contribution in [0.1, 0.15) is 26.0 Å². The molecule has 0 saturated heterocycles. The zero-order valence-corrected chi connectivity index (χ0v) is 10.7. The number of thiazole rings is 1. The van der Waals surface area contributed by atoms with E-state index < -0.39 is 0 Å². The maximum atomic E-state index is 11.6. The molecule has 5 heteroatoms. The van der Waals surface area contributed by atoms with E-state index in [1.54, 1.807) is 29.7 Å². The van der Waals surface area contributed by atoms with Gasteiger partial charge < -0.3 is 5.32 Å². The molecule has 90 valence electrons. The van der Waals surface area contributed by atoms with Crippen LogP contribution in [0.5, 0.6) is 0 Å². The molecule has 2 aromatic rings. The molecule has 0 aliphatic rings. The molecule has 1 amide bonds. The second-order valence-electron chi connectivity index (χ2n) is 3.89. The van der Waals surface area contributed by atoms with Crippen molar-refractivity contribution in [3.8, 4) is 0 Å². The van der Waals surface area contributed by atoms with Crippen molar-refractivity contribution in [1.82, 2.24) is 14.7 Å². The molecule has 0 aliphatic carbocycles. The average molecular weight is 249 g/mol. The van der Waals surface area contributed by atoms with Crippen molar-refractivity contribution in [2.24, 2.45) is 0 Å². The average Bonchev–Trinajstić information content (AvgIpc) is 2.88. The van der Waals surface area contributed by atoms with Crippen LogP contribution in [0.25, 0.3) is 11.0 Å². The molecular formula is C12H15N3OS. The van der Waals surface area contributed by atoms with Crippen molar-refractivity contribution >= 4 is 28.3 Å². The minimum Gasteiger partial charge on any atom is -0.350 e. The lowest BCUT2D eigenvalue weighted by Crippen LogP contribution is -2.30.